The number of hydrogen-bond donors (Lipinski definition) is 2. The largest absolute Gasteiger partial charge is 0.294 e. The molecule has 0 bridgehead atoms. The minimum atomic E-state index is -3.63. The quantitative estimate of drug-likeness (QED) is 0.885. The Morgan fingerprint density at radius 2 is 1.50 bits per heavy atom. The van der Waals surface area contributed by atoms with Crippen LogP contribution in [0.25, 0.3) is 0 Å². The Labute approximate surface area is 106 Å². The third kappa shape index (κ3) is 2.55. The fourth-order valence-electron chi connectivity index (χ4n) is 1.69. The normalized spacial score (nSPS) is 11.5. The van der Waals surface area contributed by atoms with Crippen molar-refractivity contribution in [3.05, 3.63) is 47.8 Å². The second-order valence-electron chi connectivity index (χ2n) is 4.13. The minimum absolute atomic E-state index is 0.106. The van der Waals surface area contributed by atoms with Crippen LogP contribution in [0.4, 0.5) is 5.69 Å². The molecule has 18 heavy (non-hydrogen) atoms. The zero-order chi connectivity index (χ0) is 13.3. The Kier molecular flexibility index (Phi) is 3.14. The molecule has 0 saturated carbocycles. The van der Waals surface area contributed by atoms with Gasteiger partial charge in [0.15, 0.2) is 0 Å². The van der Waals surface area contributed by atoms with Crippen LogP contribution >= 0.6 is 0 Å². The molecule has 1 aromatic heterocycles. The van der Waals surface area contributed by atoms with Crippen molar-refractivity contribution in [3.8, 4) is 0 Å². The highest BCUT2D eigenvalue weighted by atomic mass is 32.2. The van der Waals surface area contributed by atoms with Crippen molar-refractivity contribution < 1.29 is 8.42 Å². The summed E-state index contributed by atoms with van der Waals surface area (Å²) in [6.45, 7) is 3.97. The van der Waals surface area contributed by atoms with Crippen molar-refractivity contribution in [3.63, 3.8) is 0 Å². The lowest BCUT2D eigenvalue weighted by Gasteiger charge is -2.12. The second-order valence-corrected chi connectivity index (χ2v) is 5.69. The van der Waals surface area contributed by atoms with E-state index in [-0.39, 0.29) is 4.90 Å². The average Bonchev–Trinajstić information content (AvgIpc) is 2.60. The van der Waals surface area contributed by atoms with Gasteiger partial charge in [-0.05, 0) is 50.2 Å². The number of nitrogens with two attached hydrogens (primary N) is 1. The van der Waals surface area contributed by atoms with E-state index in [1.165, 1.54) is 12.1 Å². The molecule has 2 aromatic rings. The summed E-state index contributed by atoms with van der Waals surface area (Å²) >= 11 is 0. The Morgan fingerprint density at radius 3 is 1.94 bits per heavy atom. The van der Waals surface area contributed by atoms with Gasteiger partial charge in [-0.2, -0.15) is 0 Å². The number of primary sulfonamides is 1. The van der Waals surface area contributed by atoms with E-state index in [1.807, 2.05) is 30.7 Å². The molecule has 0 atom stereocenters. The summed E-state index contributed by atoms with van der Waals surface area (Å²) in [4.78, 5) is 0.106. The molecule has 96 valence electrons. The number of benzene rings is 1. The van der Waals surface area contributed by atoms with Gasteiger partial charge in [-0.15, -0.1) is 0 Å². The maximum Gasteiger partial charge on any atom is 0.238 e. The molecule has 0 unspecified atom stereocenters. The van der Waals surface area contributed by atoms with Crippen molar-refractivity contribution in [2.75, 3.05) is 5.43 Å². The second kappa shape index (κ2) is 4.47. The predicted octanol–water partition coefficient (Wildman–Crippen LogP) is 1.63. The predicted molar refractivity (Wildman–Crippen MR) is 70.7 cm³/mol. The molecule has 0 aliphatic rings. The standard InChI is InChI=1S/C12H15N3O2S/c1-9-3-4-10(2)15(9)14-11-5-7-12(8-6-11)18(13,16)17/h3-8,14H,1-2H3,(H2,13,16,17). The maximum absolute atomic E-state index is 11.1. The third-order valence-corrected chi connectivity index (χ3v) is 3.62. The summed E-state index contributed by atoms with van der Waals surface area (Å²) in [7, 11) is -3.63. The SMILES string of the molecule is Cc1ccc(C)n1Nc1ccc(S(N)(=O)=O)cc1. The van der Waals surface area contributed by atoms with E-state index in [2.05, 4.69) is 5.43 Å². The topological polar surface area (TPSA) is 77.1 Å². The van der Waals surface area contributed by atoms with Gasteiger partial charge in [-0.25, -0.2) is 13.6 Å². The molecule has 5 nitrogen and oxygen atoms in total. The van der Waals surface area contributed by atoms with Crippen LogP contribution in [0.15, 0.2) is 41.3 Å². The number of hydrogen-bond acceptors (Lipinski definition) is 3. The lowest BCUT2D eigenvalue weighted by Crippen LogP contribution is -2.14. The van der Waals surface area contributed by atoms with E-state index >= 15 is 0 Å². The highest BCUT2D eigenvalue weighted by molar-refractivity contribution is 7.89. The summed E-state index contributed by atoms with van der Waals surface area (Å²) in [5.41, 5.74) is 6.12. The van der Waals surface area contributed by atoms with Crippen LogP contribution < -0.4 is 10.6 Å². The molecular weight excluding hydrogens is 250 g/mol. The maximum atomic E-state index is 11.1. The summed E-state index contributed by atoms with van der Waals surface area (Å²) in [5.74, 6) is 0. The number of nitrogens with zero attached hydrogens (tertiary/aromatic N) is 1. The van der Waals surface area contributed by atoms with Gasteiger partial charge in [-0.3, -0.25) is 10.1 Å². The van der Waals surface area contributed by atoms with E-state index < -0.39 is 10.0 Å². The van der Waals surface area contributed by atoms with Gasteiger partial charge in [0.2, 0.25) is 10.0 Å². The van der Waals surface area contributed by atoms with Crippen LogP contribution in [0.1, 0.15) is 11.4 Å². The highest BCUT2D eigenvalue weighted by Crippen LogP contribution is 2.15. The van der Waals surface area contributed by atoms with E-state index in [9.17, 15) is 8.42 Å². The first-order chi connectivity index (χ1) is 8.38. The molecule has 0 aliphatic heterocycles. The zero-order valence-corrected chi connectivity index (χ0v) is 11.0. The van der Waals surface area contributed by atoms with Crippen molar-refractivity contribution in [2.24, 2.45) is 5.14 Å². The number of sulfonamides is 1. The first kappa shape index (κ1) is 12.7. The van der Waals surface area contributed by atoms with Crippen molar-refractivity contribution >= 4 is 15.7 Å². The summed E-state index contributed by atoms with van der Waals surface area (Å²) in [6.07, 6.45) is 0. The summed E-state index contributed by atoms with van der Waals surface area (Å²) < 4.78 is 24.2. The molecule has 0 spiro atoms. The molecule has 0 saturated heterocycles. The molecular formula is C12H15N3O2S. The molecule has 1 heterocycles. The molecule has 0 aliphatic carbocycles. The molecule has 6 heteroatoms. The van der Waals surface area contributed by atoms with Crippen LogP contribution in [0.5, 0.6) is 0 Å². The molecule has 2 rings (SSSR count). The summed E-state index contributed by atoms with van der Waals surface area (Å²) in [5, 5.41) is 5.04. The monoisotopic (exact) mass is 265 g/mol. The Morgan fingerprint density at radius 1 is 1.00 bits per heavy atom. The van der Waals surface area contributed by atoms with E-state index in [0.29, 0.717) is 0 Å². The number of aromatic nitrogens is 1. The van der Waals surface area contributed by atoms with Gasteiger partial charge in [0, 0.05) is 11.4 Å². The lowest BCUT2D eigenvalue weighted by atomic mass is 10.3. The first-order valence-electron chi connectivity index (χ1n) is 5.43. The molecule has 0 radical (unpaired) electrons. The van der Waals surface area contributed by atoms with Gasteiger partial charge in [0.25, 0.3) is 0 Å². The van der Waals surface area contributed by atoms with E-state index in [4.69, 9.17) is 5.14 Å². The third-order valence-electron chi connectivity index (χ3n) is 2.69. The number of anilines is 1. The van der Waals surface area contributed by atoms with Crippen LogP contribution in [0.3, 0.4) is 0 Å². The fraction of sp³-hybridized carbons (Fsp3) is 0.167. The zero-order valence-electron chi connectivity index (χ0n) is 10.2. The van der Waals surface area contributed by atoms with E-state index in [0.717, 1.165) is 17.1 Å². The first-order valence-corrected chi connectivity index (χ1v) is 6.97. The smallest absolute Gasteiger partial charge is 0.238 e. The number of aryl methyl sites for hydroxylation is 2. The Bertz CT molecular complexity index is 638. The molecule has 0 fully saturated rings. The van der Waals surface area contributed by atoms with Crippen LogP contribution in [-0.4, -0.2) is 13.1 Å². The summed E-state index contributed by atoms with van der Waals surface area (Å²) in [6, 6.07) is 10.3. The van der Waals surface area contributed by atoms with E-state index in [1.54, 1.807) is 12.1 Å². The minimum Gasteiger partial charge on any atom is -0.294 e. The average molecular weight is 265 g/mol. The number of nitrogens with one attached hydrogen (secondary N) is 1. The Balaban J connectivity index is 2.27. The highest BCUT2D eigenvalue weighted by Gasteiger charge is 2.07. The lowest BCUT2D eigenvalue weighted by molar-refractivity contribution is 0.598. The molecule has 0 amide bonds. The number of rotatable bonds is 3. The van der Waals surface area contributed by atoms with Gasteiger partial charge < -0.3 is 0 Å². The van der Waals surface area contributed by atoms with Crippen molar-refractivity contribution in [2.45, 2.75) is 18.7 Å². The Hall–Kier alpha value is -1.79. The van der Waals surface area contributed by atoms with Crippen LogP contribution in [-0.2, 0) is 10.0 Å². The molecule has 3 N–H and O–H groups in total. The van der Waals surface area contributed by atoms with Gasteiger partial charge in [0.05, 0.1) is 10.6 Å². The van der Waals surface area contributed by atoms with Crippen LogP contribution in [0.2, 0.25) is 0 Å². The van der Waals surface area contributed by atoms with Gasteiger partial charge >= 0.3 is 0 Å². The fourth-order valence-corrected chi connectivity index (χ4v) is 2.21. The van der Waals surface area contributed by atoms with Crippen molar-refractivity contribution in [1.29, 1.82) is 0 Å². The van der Waals surface area contributed by atoms with Gasteiger partial charge in [0.1, 0.15) is 0 Å². The van der Waals surface area contributed by atoms with Gasteiger partial charge in [-0.1, -0.05) is 0 Å². The molecule has 1 aromatic carbocycles. The van der Waals surface area contributed by atoms with Crippen molar-refractivity contribution in [1.82, 2.24) is 4.68 Å². The van der Waals surface area contributed by atoms with Crippen LogP contribution in [0, 0.1) is 13.8 Å².